The first kappa shape index (κ1) is 14.9. The van der Waals surface area contributed by atoms with Crippen molar-refractivity contribution >= 4 is 0 Å². The number of aliphatic hydroxyl groups is 1. The number of hydrogen-bond acceptors (Lipinski definition) is 2. The van der Waals surface area contributed by atoms with E-state index in [1.807, 2.05) is 6.07 Å². The summed E-state index contributed by atoms with van der Waals surface area (Å²) < 4.78 is 5.72. The molecule has 1 aliphatic heterocycles. The first-order valence-electron chi connectivity index (χ1n) is 8.72. The first-order chi connectivity index (χ1) is 10.3. The minimum Gasteiger partial charge on any atom is -0.493 e. The van der Waals surface area contributed by atoms with Crippen molar-refractivity contribution in [3.63, 3.8) is 0 Å². The molecule has 21 heavy (non-hydrogen) atoms. The summed E-state index contributed by atoms with van der Waals surface area (Å²) in [6.45, 7) is 0.790. The largest absolute Gasteiger partial charge is 0.493 e. The maximum Gasteiger partial charge on any atom is 0.122 e. The summed E-state index contributed by atoms with van der Waals surface area (Å²) in [6.07, 6.45) is 10.9. The maximum atomic E-state index is 10.5. The van der Waals surface area contributed by atoms with Gasteiger partial charge in [0.25, 0.3) is 0 Å². The zero-order valence-electron chi connectivity index (χ0n) is 13.0. The van der Waals surface area contributed by atoms with E-state index >= 15 is 0 Å². The van der Waals surface area contributed by atoms with Gasteiger partial charge >= 0.3 is 0 Å². The van der Waals surface area contributed by atoms with Crippen LogP contribution in [0.1, 0.15) is 69.3 Å². The van der Waals surface area contributed by atoms with Crippen LogP contribution in [0.4, 0.5) is 0 Å². The summed E-state index contributed by atoms with van der Waals surface area (Å²) in [7, 11) is 0. The number of rotatable bonds is 4. The van der Waals surface area contributed by atoms with Gasteiger partial charge in [-0.15, -0.1) is 0 Å². The van der Waals surface area contributed by atoms with Crippen LogP contribution in [0.15, 0.2) is 24.3 Å². The second kappa shape index (κ2) is 7.31. The van der Waals surface area contributed by atoms with Gasteiger partial charge in [0, 0.05) is 0 Å². The minimum absolute atomic E-state index is 0.149. The van der Waals surface area contributed by atoms with Gasteiger partial charge in [-0.05, 0) is 42.7 Å². The molecule has 2 heteroatoms. The zero-order valence-corrected chi connectivity index (χ0v) is 13.0. The Bertz CT molecular complexity index is 435. The second-order valence-corrected chi connectivity index (χ2v) is 6.85. The molecule has 0 bridgehead atoms. The number of hydrogen-bond donors (Lipinski definition) is 1. The van der Waals surface area contributed by atoms with Crippen molar-refractivity contribution in [3.8, 4) is 5.75 Å². The molecule has 0 radical (unpaired) electrons. The van der Waals surface area contributed by atoms with Crippen molar-refractivity contribution in [1.29, 1.82) is 0 Å². The number of para-hydroxylation sites is 1. The molecule has 2 atom stereocenters. The lowest BCUT2D eigenvalue weighted by atomic mass is 9.84. The average Bonchev–Trinajstić information content (AvgIpc) is 2.76. The molecule has 1 heterocycles. The molecule has 1 N–H and O–H groups in total. The molecule has 1 aromatic carbocycles. The molecule has 2 unspecified atom stereocenters. The molecule has 1 aliphatic carbocycles. The fourth-order valence-corrected chi connectivity index (χ4v) is 4.07. The van der Waals surface area contributed by atoms with Crippen molar-refractivity contribution in [1.82, 2.24) is 0 Å². The lowest BCUT2D eigenvalue weighted by molar-refractivity contribution is 0.113. The lowest BCUT2D eigenvalue weighted by Crippen LogP contribution is -2.21. The van der Waals surface area contributed by atoms with E-state index in [1.54, 1.807) is 0 Å². The third-order valence-corrected chi connectivity index (χ3v) is 5.22. The Morgan fingerprint density at radius 1 is 1.00 bits per heavy atom. The molecule has 1 fully saturated rings. The van der Waals surface area contributed by atoms with Gasteiger partial charge in [-0.25, -0.2) is 0 Å². The molecule has 0 amide bonds. The van der Waals surface area contributed by atoms with E-state index in [4.69, 9.17) is 4.74 Å². The predicted molar refractivity (Wildman–Crippen MR) is 85.7 cm³/mol. The van der Waals surface area contributed by atoms with Crippen molar-refractivity contribution < 1.29 is 9.84 Å². The van der Waals surface area contributed by atoms with Gasteiger partial charge in [0.05, 0.1) is 12.7 Å². The number of benzene rings is 1. The van der Waals surface area contributed by atoms with E-state index in [9.17, 15) is 5.11 Å². The van der Waals surface area contributed by atoms with Crippen molar-refractivity contribution in [3.05, 3.63) is 29.8 Å². The molecule has 3 rings (SSSR count). The Balaban J connectivity index is 1.56. The number of aliphatic hydroxyl groups excluding tert-OH is 1. The highest BCUT2D eigenvalue weighted by Crippen LogP contribution is 2.37. The van der Waals surface area contributed by atoms with E-state index < -0.39 is 0 Å². The van der Waals surface area contributed by atoms with Crippen LogP contribution in [0.25, 0.3) is 0 Å². The fraction of sp³-hybridized carbons (Fsp3) is 0.684. The molecule has 2 aliphatic rings. The molecule has 0 spiro atoms. The van der Waals surface area contributed by atoms with E-state index in [1.165, 1.54) is 44.1 Å². The van der Waals surface area contributed by atoms with E-state index in [2.05, 4.69) is 18.2 Å². The maximum absolute atomic E-state index is 10.5. The second-order valence-electron chi connectivity index (χ2n) is 6.85. The summed E-state index contributed by atoms with van der Waals surface area (Å²) in [5, 5.41) is 10.5. The van der Waals surface area contributed by atoms with Crippen LogP contribution < -0.4 is 4.74 Å². The van der Waals surface area contributed by atoms with E-state index in [0.717, 1.165) is 37.5 Å². The quantitative estimate of drug-likeness (QED) is 0.816. The topological polar surface area (TPSA) is 29.5 Å². The van der Waals surface area contributed by atoms with Gasteiger partial charge in [-0.2, -0.15) is 0 Å². The summed E-state index contributed by atoms with van der Waals surface area (Å²) in [5.41, 5.74) is 1.30. The Morgan fingerprint density at radius 2 is 1.76 bits per heavy atom. The molecular weight excluding hydrogens is 260 g/mol. The van der Waals surface area contributed by atoms with Crippen molar-refractivity contribution in [2.75, 3.05) is 6.61 Å². The van der Waals surface area contributed by atoms with E-state index in [-0.39, 0.29) is 6.10 Å². The minimum atomic E-state index is -0.149. The number of fused-ring (bicyclic) bond motifs is 1. The van der Waals surface area contributed by atoms with Crippen LogP contribution in [0.2, 0.25) is 0 Å². The monoisotopic (exact) mass is 288 g/mol. The van der Waals surface area contributed by atoms with Crippen LogP contribution in [0.5, 0.6) is 5.75 Å². The summed E-state index contributed by atoms with van der Waals surface area (Å²) >= 11 is 0. The third kappa shape index (κ3) is 4.00. The van der Waals surface area contributed by atoms with Crippen LogP contribution in [0, 0.1) is 5.92 Å². The molecule has 1 aromatic rings. The molecule has 0 aromatic heterocycles. The van der Waals surface area contributed by atoms with Crippen molar-refractivity contribution in [2.45, 2.75) is 69.8 Å². The van der Waals surface area contributed by atoms with Gasteiger partial charge in [0.15, 0.2) is 0 Å². The molecule has 2 nitrogen and oxygen atoms in total. The van der Waals surface area contributed by atoms with Crippen LogP contribution in [-0.2, 0) is 0 Å². The van der Waals surface area contributed by atoms with Crippen LogP contribution >= 0.6 is 0 Å². The lowest BCUT2D eigenvalue weighted by Gasteiger charge is -2.28. The molecule has 0 saturated heterocycles. The van der Waals surface area contributed by atoms with Gasteiger partial charge in [0.1, 0.15) is 5.75 Å². The van der Waals surface area contributed by atoms with Gasteiger partial charge in [0.2, 0.25) is 0 Å². The number of ether oxygens (including phenoxy) is 1. The smallest absolute Gasteiger partial charge is 0.122 e. The third-order valence-electron chi connectivity index (χ3n) is 5.22. The average molecular weight is 288 g/mol. The van der Waals surface area contributed by atoms with Gasteiger partial charge < -0.3 is 9.84 Å². The van der Waals surface area contributed by atoms with Crippen LogP contribution in [-0.4, -0.2) is 17.8 Å². The van der Waals surface area contributed by atoms with Crippen molar-refractivity contribution in [2.24, 2.45) is 5.92 Å². The van der Waals surface area contributed by atoms with Gasteiger partial charge in [-0.1, -0.05) is 56.7 Å². The fourth-order valence-electron chi connectivity index (χ4n) is 4.07. The highest BCUT2D eigenvalue weighted by Gasteiger charge is 2.25. The standard InChI is InChI=1S/C19H28O2/c20-17(13-15-7-3-1-2-4-8-15)14-16-11-12-21-19-10-6-5-9-18(16)19/h5-6,9-10,15-17,20H,1-4,7-8,11-14H2. The Morgan fingerprint density at radius 3 is 2.57 bits per heavy atom. The van der Waals surface area contributed by atoms with Gasteiger partial charge in [-0.3, -0.25) is 0 Å². The highest BCUT2D eigenvalue weighted by atomic mass is 16.5. The van der Waals surface area contributed by atoms with Crippen LogP contribution in [0.3, 0.4) is 0 Å². The Labute approximate surface area is 128 Å². The summed E-state index contributed by atoms with van der Waals surface area (Å²) in [6, 6.07) is 8.33. The Hall–Kier alpha value is -1.02. The summed E-state index contributed by atoms with van der Waals surface area (Å²) in [4.78, 5) is 0. The molecular formula is C19H28O2. The van der Waals surface area contributed by atoms with E-state index in [0.29, 0.717) is 5.92 Å². The molecule has 1 saturated carbocycles. The first-order valence-corrected chi connectivity index (χ1v) is 8.72. The normalized spacial score (nSPS) is 24.7. The Kier molecular flexibility index (Phi) is 5.18. The summed E-state index contributed by atoms with van der Waals surface area (Å²) in [5.74, 6) is 2.24. The predicted octanol–water partition coefficient (Wildman–Crippen LogP) is 4.66. The zero-order chi connectivity index (χ0) is 14.5. The SMILES string of the molecule is OC(CC1CCCCCC1)CC1CCOc2ccccc21. The highest BCUT2D eigenvalue weighted by molar-refractivity contribution is 5.37. The molecule has 116 valence electrons.